The van der Waals surface area contributed by atoms with E-state index >= 15 is 0 Å². The number of anilines is 1. The summed E-state index contributed by atoms with van der Waals surface area (Å²) < 4.78 is 44.5. The first-order valence-corrected chi connectivity index (χ1v) is 9.67. The highest BCUT2D eigenvalue weighted by Crippen LogP contribution is 2.44. The van der Waals surface area contributed by atoms with Gasteiger partial charge in [-0.2, -0.15) is 18.2 Å². The van der Waals surface area contributed by atoms with Crippen molar-refractivity contribution in [3.63, 3.8) is 0 Å². The van der Waals surface area contributed by atoms with Gasteiger partial charge in [-0.25, -0.2) is 14.3 Å². The number of carbonyl (C=O) groups excluding carboxylic acids is 1. The van der Waals surface area contributed by atoms with E-state index in [0.717, 1.165) is 42.1 Å². The maximum Gasteiger partial charge on any atom is 0.393 e. The summed E-state index contributed by atoms with van der Waals surface area (Å²) in [5.74, 6) is -0.754. The number of imidazole rings is 1. The number of halogens is 3. The van der Waals surface area contributed by atoms with E-state index in [-0.39, 0.29) is 12.4 Å². The smallest absolute Gasteiger partial charge is 0.393 e. The van der Waals surface area contributed by atoms with Crippen LogP contribution >= 0.6 is 0 Å². The molecule has 2 aliphatic rings. The Morgan fingerprint density at radius 1 is 1.27 bits per heavy atom. The highest BCUT2D eigenvalue weighted by atomic mass is 19.4. The number of methoxy groups -OCH3 is 1. The zero-order valence-electron chi connectivity index (χ0n) is 16.7. The van der Waals surface area contributed by atoms with Crippen LogP contribution in [0.15, 0.2) is 24.5 Å². The van der Waals surface area contributed by atoms with Gasteiger partial charge in [-0.3, -0.25) is 0 Å². The number of likely N-dealkylation sites (N-methyl/N-ethyl adjacent to an activating group) is 1. The molecule has 4 rings (SSSR count). The number of ether oxygens (including phenoxy) is 1. The fraction of sp³-hybridized carbons (Fsp3) is 0.526. The maximum atomic E-state index is 12.8. The van der Waals surface area contributed by atoms with Crippen LogP contribution < -0.4 is 15.0 Å². The monoisotopic (exact) mass is 424 g/mol. The lowest BCUT2D eigenvalue weighted by molar-refractivity contribution is -0.148. The summed E-state index contributed by atoms with van der Waals surface area (Å²) in [5, 5.41) is 2.40. The van der Waals surface area contributed by atoms with E-state index in [0.29, 0.717) is 5.69 Å². The Bertz CT molecular complexity index is 923. The predicted molar refractivity (Wildman–Crippen MR) is 104 cm³/mol. The number of aromatic nitrogens is 3. The number of carbonyl (C=O) groups is 1. The largest absolute Gasteiger partial charge is 0.468 e. The van der Waals surface area contributed by atoms with Crippen molar-refractivity contribution in [3.05, 3.63) is 24.5 Å². The van der Waals surface area contributed by atoms with Gasteiger partial charge in [-0.15, -0.1) is 0 Å². The van der Waals surface area contributed by atoms with Gasteiger partial charge in [0.2, 0.25) is 0 Å². The Morgan fingerprint density at radius 3 is 2.63 bits per heavy atom. The number of pyridine rings is 1. The molecule has 1 aliphatic heterocycles. The third-order valence-corrected chi connectivity index (χ3v) is 5.46. The second-order valence-corrected chi connectivity index (χ2v) is 7.59. The Morgan fingerprint density at radius 2 is 2.00 bits per heavy atom. The molecule has 0 spiro atoms. The van der Waals surface area contributed by atoms with E-state index in [1.165, 1.54) is 13.3 Å². The second-order valence-electron chi connectivity index (χ2n) is 7.59. The summed E-state index contributed by atoms with van der Waals surface area (Å²) in [5.41, 5.74) is 1.19. The fourth-order valence-corrected chi connectivity index (χ4v) is 3.59. The van der Waals surface area contributed by atoms with Gasteiger partial charge in [0, 0.05) is 50.2 Å². The number of rotatable bonds is 4. The van der Waals surface area contributed by atoms with Gasteiger partial charge in [0.1, 0.15) is 5.82 Å². The van der Waals surface area contributed by atoms with E-state index in [1.807, 2.05) is 6.07 Å². The molecule has 2 aromatic rings. The Hall–Kier alpha value is -2.82. The quantitative estimate of drug-likeness (QED) is 0.811. The maximum absolute atomic E-state index is 12.8. The van der Waals surface area contributed by atoms with Crippen LogP contribution in [0.5, 0.6) is 6.01 Å². The molecule has 2 unspecified atom stereocenters. The Labute approximate surface area is 171 Å². The minimum atomic E-state index is -4.31. The Balaban J connectivity index is 1.57. The molecule has 0 radical (unpaired) electrons. The van der Waals surface area contributed by atoms with Crippen LogP contribution in [0.25, 0.3) is 11.3 Å². The van der Waals surface area contributed by atoms with E-state index in [9.17, 15) is 18.0 Å². The van der Waals surface area contributed by atoms with Crippen LogP contribution in [0.4, 0.5) is 23.8 Å². The minimum absolute atomic E-state index is 0.000103. The van der Waals surface area contributed by atoms with Crippen molar-refractivity contribution in [2.24, 2.45) is 5.92 Å². The van der Waals surface area contributed by atoms with Crippen LogP contribution in [0.2, 0.25) is 0 Å². The Kier molecular flexibility index (Phi) is 5.31. The van der Waals surface area contributed by atoms with E-state index < -0.39 is 24.2 Å². The number of alkyl halides is 3. The molecule has 2 atom stereocenters. The predicted octanol–water partition coefficient (Wildman–Crippen LogP) is 2.21. The molecule has 8 nitrogen and oxygen atoms in total. The van der Waals surface area contributed by atoms with Crippen LogP contribution in [0.3, 0.4) is 0 Å². The van der Waals surface area contributed by atoms with Crippen molar-refractivity contribution in [2.75, 3.05) is 45.2 Å². The van der Waals surface area contributed by atoms with Crippen molar-refractivity contribution in [1.29, 1.82) is 0 Å². The molecular formula is C19H23F3N6O2. The van der Waals surface area contributed by atoms with Crippen molar-refractivity contribution in [2.45, 2.75) is 18.6 Å². The summed E-state index contributed by atoms with van der Waals surface area (Å²) in [6, 6.07) is 2.00. The van der Waals surface area contributed by atoms with E-state index in [4.69, 9.17) is 4.74 Å². The molecule has 30 heavy (non-hydrogen) atoms. The average molecular weight is 424 g/mol. The van der Waals surface area contributed by atoms with Gasteiger partial charge < -0.3 is 19.9 Å². The zero-order valence-corrected chi connectivity index (χ0v) is 16.7. The van der Waals surface area contributed by atoms with Crippen molar-refractivity contribution < 1.29 is 22.7 Å². The van der Waals surface area contributed by atoms with Gasteiger partial charge in [-0.05, 0) is 25.6 Å². The lowest BCUT2D eigenvalue weighted by atomic mass is 10.1. The van der Waals surface area contributed by atoms with Crippen molar-refractivity contribution >= 4 is 11.8 Å². The van der Waals surface area contributed by atoms with Gasteiger partial charge in [0.15, 0.2) is 0 Å². The zero-order chi connectivity index (χ0) is 21.5. The number of piperazine rings is 1. The molecule has 11 heteroatoms. The first-order chi connectivity index (χ1) is 14.3. The third kappa shape index (κ3) is 4.07. The minimum Gasteiger partial charge on any atom is -0.468 e. The summed E-state index contributed by atoms with van der Waals surface area (Å²) in [6.45, 7) is 3.41. The molecule has 0 bridgehead atoms. The molecule has 1 N–H and O–H groups in total. The lowest BCUT2D eigenvalue weighted by Gasteiger charge is -2.34. The SMILES string of the molecule is COc1nc(-c2cccnc2N2CCN(C)CC2)cn1C(=O)NC1CC1C(F)(F)F. The molecule has 1 amide bonds. The van der Waals surface area contributed by atoms with Crippen LogP contribution in [0.1, 0.15) is 6.42 Å². The van der Waals surface area contributed by atoms with Crippen molar-refractivity contribution in [3.8, 4) is 17.3 Å². The summed E-state index contributed by atoms with van der Waals surface area (Å²) in [4.78, 5) is 25.8. The van der Waals surface area contributed by atoms with E-state index in [1.54, 1.807) is 12.3 Å². The van der Waals surface area contributed by atoms with Crippen LogP contribution in [-0.2, 0) is 0 Å². The normalized spacial score (nSPS) is 22.1. The molecule has 2 aromatic heterocycles. The lowest BCUT2D eigenvalue weighted by Crippen LogP contribution is -2.45. The summed E-state index contributed by atoms with van der Waals surface area (Å²) in [7, 11) is 3.42. The van der Waals surface area contributed by atoms with Gasteiger partial charge >= 0.3 is 18.2 Å². The summed E-state index contributed by atoms with van der Waals surface area (Å²) in [6.07, 6.45) is -1.26. The average Bonchev–Trinajstić information content (AvgIpc) is 3.36. The first kappa shape index (κ1) is 20.5. The topological polar surface area (TPSA) is 75.5 Å². The molecule has 2 fully saturated rings. The molecular weight excluding hydrogens is 401 g/mol. The third-order valence-electron chi connectivity index (χ3n) is 5.46. The second kappa shape index (κ2) is 7.78. The van der Waals surface area contributed by atoms with Crippen LogP contribution in [-0.4, -0.2) is 78.0 Å². The van der Waals surface area contributed by atoms with Crippen molar-refractivity contribution in [1.82, 2.24) is 24.8 Å². The van der Waals surface area contributed by atoms with Gasteiger partial charge in [0.25, 0.3) is 0 Å². The fourth-order valence-electron chi connectivity index (χ4n) is 3.59. The highest BCUT2D eigenvalue weighted by Gasteiger charge is 2.56. The molecule has 1 aliphatic carbocycles. The standard InChI is InChI=1S/C19H23F3N6O2/c1-26-6-8-27(9-7-26)16-12(4-3-5-23-16)15-11-28(18(25-15)30-2)17(29)24-14-10-13(14)19(20,21)22/h3-5,11,13-14H,6-10H2,1-2H3,(H,24,29). The van der Waals surface area contributed by atoms with Gasteiger partial charge in [-0.1, -0.05) is 0 Å². The number of nitrogens with zero attached hydrogens (tertiary/aromatic N) is 5. The molecule has 1 saturated heterocycles. The highest BCUT2D eigenvalue weighted by molar-refractivity contribution is 5.82. The number of nitrogens with one attached hydrogen (secondary N) is 1. The first-order valence-electron chi connectivity index (χ1n) is 9.67. The van der Waals surface area contributed by atoms with E-state index in [2.05, 4.69) is 32.1 Å². The molecule has 0 aromatic carbocycles. The molecule has 3 heterocycles. The molecule has 162 valence electrons. The van der Waals surface area contributed by atoms with Crippen LogP contribution in [0, 0.1) is 5.92 Å². The number of amides is 1. The number of hydrogen-bond acceptors (Lipinski definition) is 6. The number of hydrogen-bond donors (Lipinski definition) is 1. The summed E-state index contributed by atoms with van der Waals surface area (Å²) >= 11 is 0. The van der Waals surface area contributed by atoms with Gasteiger partial charge in [0.05, 0.1) is 18.7 Å². The molecule has 1 saturated carbocycles.